The standard InChI is InChI=1S/C20H31ClN4O5S/c1-4-13-30-19-17(21)14-16(15-18(19)29-3)20(26)23-7-11-25(12-8-23)31(27,28)24-9-5-22(2)6-10-24/h14-15H,4-13H2,1-3H3. The second kappa shape index (κ2) is 10.4. The molecule has 9 nitrogen and oxygen atoms in total. The molecule has 11 heteroatoms. The van der Waals surface area contributed by atoms with E-state index in [4.69, 9.17) is 21.1 Å². The van der Waals surface area contributed by atoms with Gasteiger partial charge in [-0.2, -0.15) is 17.0 Å². The first-order valence-electron chi connectivity index (χ1n) is 10.5. The fraction of sp³-hybridized carbons (Fsp3) is 0.650. The minimum absolute atomic E-state index is 0.209. The van der Waals surface area contributed by atoms with Gasteiger partial charge in [0.25, 0.3) is 16.1 Å². The largest absolute Gasteiger partial charge is 0.493 e. The zero-order valence-corrected chi connectivity index (χ0v) is 19.9. The Morgan fingerprint density at radius 3 is 2.16 bits per heavy atom. The van der Waals surface area contributed by atoms with Crippen molar-refractivity contribution in [3.8, 4) is 11.5 Å². The van der Waals surface area contributed by atoms with Gasteiger partial charge in [0, 0.05) is 57.9 Å². The average Bonchev–Trinajstić information content (AvgIpc) is 2.77. The van der Waals surface area contributed by atoms with Crippen molar-refractivity contribution in [1.82, 2.24) is 18.4 Å². The van der Waals surface area contributed by atoms with Crippen LogP contribution < -0.4 is 9.47 Å². The summed E-state index contributed by atoms with van der Waals surface area (Å²) in [5.41, 5.74) is 0.390. The molecule has 1 aromatic carbocycles. The summed E-state index contributed by atoms with van der Waals surface area (Å²) in [4.78, 5) is 16.8. The third kappa shape index (κ3) is 5.43. The number of carbonyl (C=O) groups excluding carboxylic acids is 1. The lowest BCUT2D eigenvalue weighted by molar-refractivity contribution is 0.0691. The van der Waals surface area contributed by atoms with Crippen molar-refractivity contribution in [3.05, 3.63) is 22.7 Å². The number of ether oxygens (including phenoxy) is 2. The predicted octanol–water partition coefficient (Wildman–Crippen LogP) is 1.39. The van der Waals surface area contributed by atoms with Gasteiger partial charge in [0.15, 0.2) is 11.5 Å². The van der Waals surface area contributed by atoms with Crippen LogP contribution in [0.4, 0.5) is 0 Å². The molecule has 1 aromatic rings. The van der Waals surface area contributed by atoms with Gasteiger partial charge in [0.2, 0.25) is 0 Å². The van der Waals surface area contributed by atoms with Crippen molar-refractivity contribution in [2.24, 2.45) is 0 Å². The molecule has 0 aliphatic carbocycles. The molecule has 2 aliphatic rings. The third-order valence-corrected chi connectivity index (χ3v) is 7.88. The Morgan fingerprint density at radius 2 is 1.61 bits per heavy atom. The predicted molar refractivity (Wildman–Crippen MR) is 119 cm³/mol. The Morgan fingerprint density at radius 1 is 1.03 bits per heavy atom. The molecule has 2 fully saturated rings. The summed E-state index contributed by atoms with van der Waals surface area (Å²) in [6.07, 6.45) is 0.821. The van der Waals surface area contributed by atoms with Crippen LogP contribution in [0, 0.1) is 0 Å². The highest BCUT2D eigenvalue weighted by Gasteiger charge is 2.35. The molecular weight excluding hydrogens is 444 g/mol. The van der Waals surface area contributed by atoms with Gasteiger partial charge < -0.3 is 19.3 Å². The quantitative estimate of drug-likeness (QED) is 0.594. The lowest BCUT2D eigenvalue weighted by Crippen LogP contribution is -2.57. The number of likely N-dealkylation sites (N-methyl/N-ethyl adjacent to an activating group) is 1. The Bertz CT molecular complexity index is 882. The lowest BCUT2D eigenvalue weighted by atomic mass is 10.1. The van der Waals surface area contributed by atoms with Crippen molar-refractivity contribution in [3.63, 3.8) is 0 Å². The molecule has 2 heterocycles. The summed E-state index contributed by atoms with van der Waals surface area (Å²) in [5, 5.41) is 0.312. The maximum Gasteiger partial charge on any atom is 0.282 e. The number of amides is 1. The van der Waals surface area contributed by atoms with Crippen molar-refractivity contribution in [2.45, 2.75) is 13.3 Å². The zero-order valence-electron chi connectivity index (χ0n) is 18.3. The van der Waals surface area contributed by atoms with Crippen LogP contribution in [0.2, 0.25) is 5.02 Å². The van der Waals surface area contributed by atoms with Gasteiger partial charge in [0.1, 0.15) is 0 Å². The molecule has 0 spiro atoms. The Balaban J connectivity index is 1.65. The topological polar surface area (TPSA) is 82.6 Å². The van der Waals surface area contributed by atoms with Crippen LogP contribution in [0.15, 0.2) is 12.1 Å². The van der Waals surface area contributed by atoms with E-state index in [1.807, 2.05) is 14.0 Å². The summed E-state index contributed by atoms with van der Waals surface area (Å²) in [7, 11) is -0.0249. The monoisotopic (exact) mass is 474 g/mol. The van der Waals surface area contributed by atoms with Crippen LogP contribution in [0.3, 0.4) is 0 Å². The first-order valence-corrected chi connectivity index (χ1v) is 12.3. The van der Waals surface area contributed by atoms with Crippen LogP contribution in [0.1, 0.15) is 23.7 Å². The molecule has 0 saturated carbocycles. The van der Waals surface area contributed by atoms with Crippen LogP contribution in [-0.4, -0.2) is 106 Å². The number of hydrogen-bond donors (Lipinski definition) is 0. The molecule has 0 unspecified atom stereocenters. The normalized spacial score (nSPS) is 19.4. The van der Waals surface area contributed by atoms with E-state index in [-0.39, 0.29) is 19.0 Å². The Labute approximate surface area is 189 Å². The Kier molecular flexibility index (Phi) is 8.03. The van der Waals surface area contributed by atoms with E-state index in [2.05, 4.69) is 4.90 Å². The van der Waals surface area contributed by atoms with Crippen molar-refractivity contribution < 1.29 is 22.7 Å². The number of halogens is 1. The SMILES string of the molecule is CCCOc1c(Cl)cc(C(=O)N2CCN(S(=O)(=O)N3CCN(C)CC3)CC2)cc1OC. The van der Waals surface area contributed by atoms with Gasteiger partial charge in [-0.1, -0.05) is 18.5 Å². The molecule has 0 aromatic heterocycles. The highest BCUT2D eigenvalue weighted by atomic mass is 35.5. The van der Waals surface area contributed by atoms with Crippen molar-refractivity contribution >= 4 is 27.7 Å². The fourth-order valence-electron chi connectivity index (χ4n) is 3.67. The number of carbonyl (C=O) groups is 1. The molecule has 2 saturated heterocycles. The summed E-state index contributed by atoms with van der Waals surface area (Å²) >= 11 is 6.34. The van der Waals surface area contributed by atoms with E-state index in [0.29, 0.717) is 54.9 Å². The average molecular weight is 475 g/mol. The van der Waals surface area contributed by atoms with Gasteiger partial charge in [-0.15, -0.1) is 0 Å². The molecule has 174 valence electrons. The van der Waals surface area contributed by atoms with E-state index in [9.17, 15) is 13.2 Å². The van der Waals surface area contributed by atoms with Crippen molar-refractivity contribution in [1.29, 1.82) is 0 Å². The second-order valence-electron chi connectivity index (χ2n) is 7.74. The smallest absolute Gasteiger partial charge is 0.282 e. The maximum absolute atomic E-state index is 13.0. The first kappa shape index (κ1) is 24.1. The number of benzene rings is 1. The molecule has 0 atom stereocenters. The summed E-state index contributed by atoms with van der Waals surface area (Å²) < 4.78 is 39.9. The van der Waals surface area contributed by atoms with Gasteiger partial charge in [-0.3, -0.25) is 4.79 Å². The van der Waals surface area contributed by atoms with E-state index >= 15 is 0 Å². The second-order valence-corrected chi connectivity index (χ2v) is 10.1. The molecule has 3 rings (SSSR count). The molecule has 1 amide bonds. The minimum atomic E-state index is -3.51. The van der Waals surface area contributed by atoms with E-state index in [0.717, 1.165) is 19.5 Å². The first-order chi connectivity index (χ1) is 14.8. The van der Waals surface area contributed by atoms with Gasteiger partial charge in [0.05, 0.1) is 18.7 Å². The maximum atomic E-state index is 13.0. The molecular formula is C20H31ClN4O5S. The number of rotatable bonds is 7. The van der Waals surface area contributed by atoms with Gasteiger partial charge >= 0.3 is 0 Å². The van der Waals surface area contributed by atoms with Crippen LogP contribution >= 0.6 is 11.6 Å². The summed E-state index contributed by atoms with van der Waals surface area (Å²) in [5.74, 6) is 0.616. The van der Waals surface area contributed by atoms with Gasteiger partial charge in [-0.05, 0) is 25.6 Å². The van der Waals surface area contributed by atoms with E-state index in [1.165, 1.54) is 15.7 Å². The third-order valence-electron chi connectivity index (χ3n) is 5.57. The summed E-state index contributed by atoms with van der Waals surface area (Å²) in [6, 6.07) is 3.19. The highest BCUT2D eigenvalue weighted by molar-refractivity contribution is 7.86. The van der Waals surface area contributed by atoms with Crippen molar-refractivity contribution in [2.75, 3.05) is 73.1 Å². The number of hydrogen-bond acceptors (Lipinski definition) is 6. The van der Waals surface area contributed by atoms with E-state index < -0.39 is 10.2 Å². The fourth-order valence-corrected chi connectivity index (χ4v) is 5.52. The highest BCUT2D eigenvalue weighted by Crippen LogP contribution is 2.37. The lowest BCUT2D eigenvalue weighted by Gasteiger charge is -2.39. The van der Waals surface area contributed by atoms with Crippen LogP contribution in [0.25, 0.3) is 0 Å². The van der Waals surface area contributed by atoms with Crippen LogP contribution in [0.5, 0.6) is 11.5 Å². The van der Waals surface area contributed by atoms with Crippen LogP contribution in [-0.2, 0) is 10.2 Å². The van der Waals surface area contributed by atoms with E-state index in [1.54, 1.807) is 17.0 Å². The molecule has 0 radical (unpaired) electrons. The number of methoxy groups -OCH3 is 1. The molecule has 0 bridgehead atoms. The number of piperazine rings is 2. The molecule has 31 heavy (non-hydrogen) atoms. The summed E-state index contributed by atoms with van der Waals surface area (Å²) in [6.45, 7) is 6.07. The zero-order chi connectivity index (χ0) is 22.6. The molecule has 2 aliphatic heterocycles. The minimum Gasteiger partial charge on any atom is -0.493 e. The number of nitrogens with zero attached hydrogens (tertiary/aromatic N) is 4. The Hall–Kier alpha value is -1.59. The molecule has 0 N–H and O–H groups in total. The van der Waals surface area contributed by atoms with Gasteiger partial charge in [-0.25, -0.2) is 0 Å².